The molecule has 0 aliphatic carbocycles. The Morgan fingerprint density at radius 3 is 2.56 bits per heavy atom. The third-order valence-electron chi connectivity index (χ3n) is 1.99. The Bertz CT molecular complexity index is 420. The summed E-state index contributed by atoms with van der Waals surface area (Å²) in [4.78, 5) is 0. The molecule has 0 aliphatic heterocycles. The van der Waals surface area contributed by atoms with Gasteiger partial charge in [0.1, 0.15) is 0 Å². The maximum Gasteiger partial charge on any atom is 0.416 e. The number of halogens is 4. The Morgan fingerprint density at radius 1 is 1.44 bits per heavy atom. The number of aliphatic hydroxyl groups excluding tert-OH is 1. The molecule has 0 amide bonds. The molecule has 1 N–H and O–H groups in total. The van der Waals surface area contributed by atoms with E-state index in [1.54, 1.807) is 0 Å². The number of terminal acetylenes is 1. The summed E-state index contributed by atoms with van der Waals surface area (Å²) in [7, 11) is 0. The lowest BCUT2D eigenvalue weighted by molar-refractivity contribution is -0.139. The normalized spacial score (nSPS) is 13.2. The first-order valence-electron chi connectivity index (χ1n) is 4.34. The first kappa shape index (κ1) is 13.1. The topological polar surface area (TPSA) is 20.2 Å². The summed E-state index contributed by atoms with van der Waals surface area (Å²) in [6.07, 6.45) is -0.995. The van der Waals surface area contributed by atoms with Crippen LogP contribution in [0.15, 0.2) is 22.7 Å². The van der Waals surface area contributed by atoms with Crippen molar-refractivity contribution in [2.24, 2.45) is 0 Å². The van der Waals surface area contributed by atoms with Crippen molar-refractivity contribution in [2.75, 3.05) is 0 Å². The first-order chi connectivity index (χ1) is 7.36. The summed E-state index contributed by atoms with van der Waals surface area (Å²) < 4.78 is 38.2. The van der Waals surface area contributed by atoms with Crippen LogP contribution in [0.1, 0.15) is 23.7 Å². The Morgan fingerprint density at radius 2 is 2.06 bits per heavy atom. The lowest BCUT2D eigenvalue weighted by Gasteiger charge is -2.16. The van der Waals surface area contributed by atoms with E-state index in [-0.39, 0.29) is 12.0 Å². The Balaban J connectivity index is 3.24. The molecular weight excluding hydrogens is 285 g/mol. The maximum atomic E-state index is 12.6. The molecule has 1 rings (SSSR count). The molecule has 0 aliphatic rings. The molecule has 1 atom stereocenters. The van der Waals surface area contributed by atoms with Gasteiger partial charge in [-0.1, -0.05) is 22.0 Å². The summed E-state index contributed by atoms with van der Waals surface area (Å²) in [6.45, 7) is 0. The van der Waals surface area contributed by atoms with E-state index >= 15 is 0 Å². The van der Waals surface area contributed by atoms with Crippen molar-refractivity contribution in [1.82, 2.24) is 0 Å². The molecule has 0 fully saturated rings. The average molecular weight is 293 g/mol. The minimum Gasteiger partial charge on any atom is -0.387 e. The second-order valence-corrected chi connectivity index (χ2v) is 4.07. The van der Waals surface area contributed by atoms with Crippen molar-refractivity contribution in [2.45, 2.75) is 18.7 Å². The van der Waals surface area contributed by atoms with E-state index in [4.69, 9.17) is 6.42 Å². The van der Waals surface area contributed by atoms with Crippen LogP contribution in [0.5, 0.6) is 0 Å². The van der Waals surface area contributed by atoms with Gasteiger partial charge in [-0.25, -0.2) is 0 Å². The molecule has 0 saturated heterocycles. The second-order valence-electron chi connectivity index (χ2n) is 3.15. The lowest BCUT2D eigenvalue weighted by atomic mass is 10.00. The maximum absolute atomic E-state index is 12.6. The zero-order valence-corrected chi connectivity index (χ0v) is 9.64. The predicted molar refractivity (Wildman–Crippen MR) is 57.6 cm³/mol. The fourth-order valence-electron chi connectivity index (χ4n) is 1.29. The molecule has 1 unspecified atom stereocenters. The van der Waals surface area contributed by atoms with Crippen molar-refractivity contribution < 1.29 is 18.3 Å². The summed E-state index contributed by atoms with van der Waals surface area (Å²) in [5.74, 6) is 2.13. The zero-order valence-electron chi connectivity index (χ0n) is 8.05. The van der Waals surface area contributed by atoms with E-state index in [1.165, 1.54) is 12.1 Å². The molecule has 1 nitrogen and oxygen atoms in total. The second kappa shape index (κ2) is 4.89. The molecule has 1 aromatic rings. The smallest absolute Gasteiger partial charge is 0.387 e. The largest absolute Gasteiger partial charge is 0.416 e. The number of aliphatic hydroxyl groups is 1. The zero-order chi connectivity index (χ0) is 12.3. The fraction of sp³-hybridized carbons (Fsp3) is 0.273. The van der Waals surface area contributed by atoms with Crippen LogP contribution in [0.3, 0.4) is 0 Å². The van der Waals surface area contributed by atoms with Gasteiger partial charge in [-0.15, -0.1) is 12.3 Å². The van der Waals surface area contributed by atoms with Crippen molar-refractivity contribution in [3.05, 3.63) is 33.8 Å². The predicted octanol–water partition coefficient (Wildman–Crippen LogP) is 3.52. The van der Waals surface area contributed by atoms with Crippen LogP contribution in [0, 0.1) is 12.3 Å². The highest BCUT2D eigenvalue weighted by molar-refractivity contribution is 9.10. The van der Waals surface area contributed by atoms with Crippen LogP contribution in [-0.4, -0.2) is 5.11 Å². The van der Waals surface area contributed by atoms with Gasteiger partial charge in [0.2, 0.25) is 0 Å². The summed E-state index contributed by atoms with van der Waals surface area (Å²) >= 11 is 2.95. The van der Waals surface area contributed by atoms with Gasteiger partial charge in [0.05, 0.1) is 11.7 Å². The van der Waals surface area contributed by atoms with Crippen LogP contribution < -0.4 is 0 Å². The van der Waals surface area contributed by atoms with Gasteiger partial charge >= 0.3 is 6.18 Å². The van der Waals surface area contributed by atoms with Crippen molar-refractivity contribution in [1.29, 1.82) is 0 Å². The van der Waals surface area contributed by atoms with E-state index in [0.717, 1.165) is 6.07 Å². The van der Waals surface area contributed by atoms with Crippen molar-refractivity contribution in [3.8, 4) is 12.3 Å². The number of hydrogen-bond donors (Lipinski definition) is 1. The van der Waals surface area contributed by atoms with Crippen LogP contribution in [0.25, 0.3) is 0 Å². The summed E-state index contributed by atoms with van der Waals surface area (Å²) in [6, 6.07) is 3.58. The van der Waals surface area contributed by atoms with Crippen LogP contribution >= 0.6 is 15.9 Å². The quantitative estimate of drug-likeness (QED) is 0.827. The molecule has 16 heavy (non-hydrogen) atoms. The van der Waals surface area contributed by atoms with Gasteiger partial charge in [0.15, 0.2) is 0 Å². The van der Waals surface area contributed by atoms with E-state index in [2.05, 4.69) is 21.9 Å². The average Bonchev–Trinajstić information content (AvgIpc) is 2.16. The lowest BCUT2D eigenvalue weighted by Crippen LogP contribution is -2.12. The van der Waals surface area contributed by atoms with Crippen molar-refractivity contribution in [3.63, 3.8) is 0 Å². The summed E-state index contributed by atoms with van der Waals surface area (Å²) in [5, 5.41) is 9.50. The standard InChI is InChI=1S/C11H8BrF3O/c1-2-3-10(16)8-5-4-7(12)6-9(8)11(13,14)15/h1,4-6,10,16H,3H2. The number of benzene rings is 1. The molecule has 1 aromatic carbocycles. The molecule has 0 aromatic heterocycles. The van der Waals surface area contributed by atoms with E-state index in [1.807, 2.05) is 0 Å². The summed E-state index contributed by atoms with van der Waals surface area (Å²) in [5.41, 5.74) is -1.07. The van der Waals surface area contributed by atoms with E-state index in [9.17, 15) is 18.3 Å². The minimum atomic E-state index is -4.51. The number of alkyl halides is 3. The van der Waals surface area contributed by atoms with Gasteiger partial charge in [0, 0.05) is 10.9 Å². The molecule has 0 heterocycles. The van der Waals surface area contributed by atoms with Crippen LogP contribution in [0.4, 0.5) is 13.2 Å². The number of hydrogen-bond acceptors (Lipinski definition) is 1. The molecule has 0 bridgehead atoms. The van der Waals surface area contributed by atoms with E-state index < -0.39 is 17.8 Å². The SMILES string of the molecule is C#CCC(O)c1ccc(Br)cc1C(F)(F)F. The van der Waals surface area contributed by atoms with Crippen LogP contribution in [0.2, 0.25) is 0 Å². The van der Waals surface area contributed by atoms with Crippen LogP contribution in [-0.2, 0) is 6.18 Å². The third kappa shape index (κ3) is 3.00. The molecule has 0 spiro atoms. The monoisotopic (exact) mass is 292 g/mol. The molecule has 86 valence electrons. The van der Waals surface area contributed by atoms with Gasteiger partial charge in [-0.3, -0.25) is 0 Å². The number of rotatable bonds is 2. The molecule has 0 saturated carbocycles. The first-order valence-corrected chi connectivity index (χ1v) is 5.13. The molecule has 0 radical (unpaired) electrons. The highest BCUT2D eigenvalue weighted by Gasteiger charge is 2.34. The van der Waals surface area contributed by atoms with E-state index in [0.29, 0.717) is 4.47 Å². The Kier molecular flexibility index (Phi) is 4.00. The Hall–Kier alpha value is -0.990. The minimum absolute atomic E-state index is 0.148. The highest BCUT2D eigenvalue weighted by atomic mass is 79.9. The van der Waals surface area contributed by atoms with Gasteiger partial charge < -0.3 is 5.11 Å². The fourth-order valence-corrected chi connectivity index (χ4v) is 1.65. The van der Waals surface area contributed by atoms with Crippen molar-refractivity contribution >= 4 is 15.9 Å². The van der Waals surface area contributed by atoms with Gasteiger partial charge in [-0.05, 0) is 17.7 Å². The highest BCUT2D eigenvalue weighted by Crippen LogP contribution is 2.36. The molecular formula is C11H8BrF3O. The molecule has 5 heteroatoms. The Labute approximate surface area is 99.4 Å². The third-order valence-corrected chi connectivity index (χ3v) is 2.48. The van der Waals surface area contributed by atoms with Gasteiger partial charge in [0.25, 0.3) is 0 Å². The van der Waals surface area contributed by atoms with Gasteiger partial charge in [-0.2, -0.15) is 13.2 Å².